The van der Waals surface area contributed by atoms with Crippen LogP contribution in [-0.2, 0) is 16.0 Å². The molecule has 2 aromatic carbocycles. The lowest BCUT2D eigenvalue weighted by atomic mass is 10.1. The summed E-state index contributed by atoms with van der Waals surface area (Å²) in [5, 5.41) is 2.92. The molecule has 6 heteroatoms. The van der Waals surface area contributed by atoms with Gasteiger partial charge in [-0.3, -0.25) is 9.59 Å². The minimum atomic E-state index is -0.552. The van der Waals surface area contributed by atoms with Crippen LogP contribution in [0, 0.1) is 3.57 Å². The number of rotatable bonds is 11. The monoisotopic (exact) mass is 508 g/mol. The summed E-state index contributed by atoms with van der Waals surface area (Å²) in [6, 6.07) is 16.9. The van der Waals surface area contributed by atoms with Crippen molar-refractivity contribution in [3.05, 3.63) is 63.7 Å². The second kappa shape index (κ2) is 12.5. The van der Waals surface area contributed by atoms with E-state index in [1.807, 2.05) is 54.6 Å². The lowest BCUT2D eigenvalue weighted by molar-refractivity contribution is -0.141. The molecule has 0 aliphatic heterocycles. The van der Waals surface area contributed by atoms with E-state index in [1.165, 1.54) is 0 Å². The second-order valence-corrected chi connectivity index (χ2v) is 8.13. The van der Waals surface area contributed by atoms with Crippen molar-refractivity contribution >= 4 is 34.4 Å². The molecule has 0 saturated carbocycles. The van der Waals surface area contributed by atoms with Gasteiger partial charge in [0, 0.05) is 16.7 Å². The van der Waals surface area contributed by atoms with Crippen molar-refractivity contribution in [2.45, 2.75) is 39.2 Å². The molecule has 2 aromatic rings. The van der Waals surface area contributed by atoms with Gasteiger partial charge in [0.2, 0.25) is 5.91 Å². The van der Waals surface area contributed by atoms with E-state index in [0.717, 1.165) is 22.0 Å². The van der Waals surface area contributed by atoms with Crippen LogP contribution in [0.1, 0.15) is 32.3 Å². The van der Waals surface area contributed by atoms with E-state index >= 15 is 0 Å². The summed E-state index contributed by atoms with van der Waals surface area (Å²) in [7, 11) is 0. The predicted octanol–water partition coefficient (Wildman–Crippen LogP) is 4.05. The Kier molecular flexibility index (Phi) is 9.97. The third kappa shape index (κ3) is 8.04. The molecule has 0 aromatic heterocycles. The van der Waals surface area contributed by atoms with Gasteiger partial charge in [0.15, 0.2) is 6.61 Å². The number of hydrogen-bond acceptors (Lipinski definition) is 3. The first-order valence-electron chi connectivity index (χ1n) is 10.0. The Hall–Kier alpha value is -2.09. The van der Waals surface area contributed by atoms with Crippen LogP contribution in [0.15, 0.2) is 54.6 Å². The Morgan fingerprint density at radius 1 is 1.10 bits per heavy atom. The zero-order chi connectivity index (χ0) is 21.1. The van der Waals surface area contributed by atoms with E-state index in [1.54, 1.807) is 11.8 Å². The maximum Gasteiger partial charge on any atom is 0.261 e. The number of unbranched alkanes of at least 4 members (excludes halogenated alkanes) is 1. The Balaban J connectivity index is 2.01. The molecule has 0 aliphatic rings. The number of nitrogens with one attached hydrogen (secondary N) is 1. The molecule has 0 radical (unpaired) electrons. The zero-order valence-corrected chi connectivity index (χ0v) is 19.2. The molecule has 0 bridgehead atoms. The number of carbonyl (C=O) groups is 2. The molecule has 156 valence electrons. The molecule has 29 heavy (non-hydrogen) atoms. The van der Waals surface area contributed by atoms with Crippen molar-refractivity contribution in [3.63, 3.8) is 0 Å². The minimum Gasteiger partial charge on any atom is -0.484 e. The fraction of sp³-hybridized carbons (Fsp3) is 0.391. The van der Waals surface area contributed by atoms with Crippen LogP contribution in [0.2, 0.25) is 0 Å². The number of hydrogen-bond donors (Lipinski definition) is 1. The van der Waals surface area contributed by atoms with Crippen LogP contribution in [0.5, 0.6) is 5.75 Å². The van der Waals surface area contributed by atoms with Gasteiger partial charge in [-0.05, 0) is 72.2 Å². The van der Waals surface area contributed by atoms with Gasteiger partial charge in [-0.15, -0.1) is 0 Å². The van der Waals surface area contributed by atoms with Gasteiger partial charge in [-0.2, -0.15) is 0 Å². The number of amides is 2. The van der Waals surface area contributed by atoms with Crippen molar-refractivity contribution in [1.29, 1.82) is 0 Å². The summed E-state index contributed by atoms with van der Waals surface area (Å²) in [5.41, 5.74) is 1.13. The first-order valence-corrected chi connectivity index (χ1v) is 11.1. The molecule has 5 nitrogen and oxygen atoms in total. The van der Waals surface area contributed by atoms with Gasteiger partial charge in [0.1, 0.15) is 11.8 Å². The van der Waals surface area contributed by atoms with Gasteiger partial charge in [0.05, 0.1) is 0 Å². The molecule has 1 unspecified atom stereocenters. The van der Waals surface area contributed by atoms with Crippen LogP contribution in [-0.4, -0.2) is 42.5 Å². The molecule has 0 saturated heterocycles. The zero-order valence-electron chi connectivity index (χ0n) is 17.1. The average Bonchev–Trinajstić information content (AvgIpc) is 2.74. The summed E-state index contributed by atoms with van der Waals surface area (Å²) >= 11 is 2.22. The van der Waals surface area contributed by atoms with Gasteiger partial charge in [-0.25, -0.2) is 0 Å². The third-order valence-corrected chi connectivity index (χ3v) is 5.38. The van der Waals surface area contributed by atoms with Crippen LogP contribution in [0.3, 0.4) is 0 Å². The van der Waals surface area contributed by atoms with Crippen LogP contribution in [0.25, 0.3) is 0 Å². The van der Waals surface area contributed by atoms with Crippen LogP contribution >= 0.6 is 22.6 Å². The number of carbonyl (C=O) groups excluding carboxylic acids is 2. The summed E-state index contributed by atoms with van der Waals surface area (Å²) in [6.07, 6.45) is 2.62. The number of halogens is 1. The van der Waals surface area contributed by atoms with E-state index < -0.39 is 6.04 Å². The summed E-state index contributed by atoms with van der Waals surface area (Å²) in [6.45, 7) is 4.84. The number of ether oxygens (including phenoxy) is 1. The average molecular weight is 508 g/mol. The fourth-order valence-corrected chi connectivity index (χ4v) is 3.22. The number of benzene rings is 2. The highest BCUT2D eigenvalue weighted by molar-refractivity contribution is 14.1. The SMILES string of the molecule is CCCCNC(=O)C(C)N(CCc1ccccc1)C(=O)COc1ccc(I)cc1. The van der Waals surface area contributed by atoms with Crippen molar-refractivity contribution in [2.24, 2.45) is 0 Å². The van der Waals surface area contributed by atoms with E-state index in [-0.39, 0.29) is 18.4 Å². The lowest BCUT2D eigenvalue weighted by Crippen LogP contribution is -2.50. The van der Waals surface area contributed by atoms with Crippen molar-refractivity contribution in [3.8, 4) is 5.75 Å². The molecule has 2 amide bonds. The molecule has 2 rings (SSSR count). The highest BCUT2D eigenvalue weighted by Crippen LogP contribution is 2.14. The summed E-state index contributed by atoms with van der Waals surface area (Å²) in [5.74, 6) is 0.313. The number of nitrogens with zero attached hydrogens (tertiary/aromatic N) is 1. The maximum absolute atomic E-state index is 12.9. The molecular weight excluding hydrogens is 479 g/mol. The van der Waals surface area contributed by atoms with Crippen LogP contribution < -0.4 is 10.1 Å². The Labute approximate surface area is 187 Å². The maximum atomic E-state index is 12.9. The predicted molar refractivity (Wildman–Crippen MR) is 124 cm³/mol. The van der Waals surface area contributed by atoms with Crippen molar-refractivity contribution in [2.75, 3.05) is 19.7 Å². The van der Waals surface area contributed by atoms with E-state index in [9.17, 15) is 9.59 Å². The fourth-order valence-electron chi connectivity index (χ4n) is 2.86. The summed E-state index contributed by atoms with van der Waals surface area (Å²) in [4.78, 5) is 27.1. The smallest absolute Gasteiger partial charge is 0.261 e. The molecular formula is C23H29IN2O3. The Morgan fingerprint density at radius 2 is 1.79 bits per heavy atom. The molecule has 0 fully saturated rings. The largest absolute Gasteiger partial charge is 0.484 e. The van der Waals surface area contributed by atoms with Gasteiger partial charge in [0.25, 0.3) is 5.91 Å². The Morgan fingerprint density at radius 3 is 2.45 bits per heavy atom. The molecule has 1 N–H and O–H groups in total. The quantitative estimate of drug-likeness (QED) is 0.368. The third-order valence-electron chi connectivity index (χ3n) is 4.66. The van der Waals surface area contributed by atoms with E-state index in [4.69, 9.17) is 4.74 Å². The minimum absolute atomic E-state index is 0.0953. The molecule has 0 heterocycles. The second-order valence-electron chi connectivity index (χ2n) is 6.89. The van der Waals surface area contributed by atoms with E-state index in [0.29, 0.717) is 25.3 Å². The summed E-state index contributed by atoms with van der Waals surface area (Å²) < 4.78 is 6.76. The molecule has 1 atom stereocenters. The van der Waals surface area contributed by atoms with Crippen molar-refractivity contribution in [1.82, 2.24) is 10.2 Å². The first-order chi connectivity index (χ1) is 14.0. The standard InChI is InChI=1S/C23H29IN2O3/c1-3-4-15-25-23(28)18(2)26(16-14-19-8-6-5-7-9-19)22(27)17-29-21-12-10-20(24)11-13-21/h5-13,18H,3-4,14-17H2,1-2H3,(H,25,28). The highest BCUT2D eigenvalue weighted by Gasteiger charge is 2.25. The Bertz CT molecular complexity index is 765. The molecule has 0 spiro atoms. The molecule has 0 aliphatic carbocycles. The lowest BCUT2D eigenvalue weighted by Gasteiger charge is -2.28. The van der Waals surface area contributed by atoms with Gasteiger partial charge >= 0.3 is 0 Å². The van der Waals surface area contributed by atoms with Gasteiger partial charge < -0.3 is 15.0 Å². The van der Waals surface area contributed by atoms with Crippen molar-refractivity contribution < 1.29 is 14.3 Å². The highest BCUT2D eigenvalue weighted by atomic mass is 127. The normalized spacial score (nSPS) is 11.6. The topological polar surface area (TPSA) is 58.6 Å². The van der Waals surface area contributed by atoms with Crippen LogP contribution in [0.4, 0.5) is 0 Å². The van der Waals surface area contributed by atoms with Gasteiger partial charge in [-0.1, -0.05) is 43.7 Å². The first kappa shape index (κ1) is 23.2. The van der Waals surface area contributed by atoms with E-state index in [2.05, 4.69) is 34.8 Å².